The minimum atomic E-state index is -0.648. The zero-order chi connectivity index (χ0) is 17.8. The monoisotopic (exact) mass is 349 g/mol. The molecule has 0 unspecified atom stereocenters. The van der Waals surface area contributed by atoms with Crippen molar-refractivity contribution < 1.29 is 13.6 Å². The van der Waals surface area contributed by atoms with E-state index in [2.05, 4.69) is 20.2 Å². The molecular formula is C17H21F2N5O. The van der Waals surface area contributed by atoms with Gasteiger partial charge in [-0.3, -0.25) is 14.6 Å². The highest BCUT2D eigenvalue weighted by Gasteiger charge is 2.26. The first-order valence-electron chi connectivity index (χ1n) is 8.23. The van der Waals surface area contributed by atoms with E-state index in [1.54, 1.807) is 19.3 Å². The summed E-state index contributed by atoms with van der Waals surface area (Å²) < 4.78 is 26.9. The number of hydrogen-bond donors (Lipinski definition) is 2. The van der Waals surface area contributed by atoms with Crippen LogP contribution in [0.3, 0.4) is 0 Å². The summed E-state index contributed by atoms with van der Waals surface area (Å²) in [5.41, 5.74) is -0.131. The van der Waals surface area contributed by atoms with Gasteiger partial charge in [-0.25, -0.2) is 13.8 Å². The molecule has 0 spiro atoms. The number of hydrogen-bond acceptors (Lipinski definition) is 4. The number of piperazine rings is 1. The summed E-state index contributed by atoms with van der Waals surface area (Å²) in [7, 11) is 0. The van der Waals surface area contributed by atoms with Crippen molar-refractivity contribution in [3.05, 3.63) is 48.1 Å². The Balaban J connectivity index is 1.52. The van der Waals surface area contributed by atoms with Crippen LogP contribution in [0.2, 0.25) is 0 Å². The van der Waals surface area contributed by atoms with Crippen molar-refractivity contribution in [2.24, 2.45) is 0 Å². The Hall–Kier alpha value is -2.32. The smallest absolute Gasteiger partial charge is 0.241 e. The van der Waals surface area contributed by atoms with Gasteiger partial charge in [0.1, 0.15) is 17.5 Å². The molecule has 1 amide bonds. The molecule has 2 N–H and O–H groups in total. The van der Waals surface area contributed by atoms with Crippen LogP contribution >= 0.6 is 0 Å². The second kappa shape index (κ2) is 7.71. The van der Waals surface area contributed by atoms with Crippen LogP contribution in [-0.4, -0.2) is 57.9 Å². The van der Waals surface area contributed by atoms with Gasteiger partial charge in [0.2, 0.25) is 5.91 Å². The predicted octanol–water partition coefficient (Wildman–Crippen LogP) is 1.83. The first-order valence-corrected chi connectivity index (χ1v) is 8.23. The lowest BCUT2D eigenvalue weighted by molar-refractivity contribution is -0.121. The zero-order valence-electron chi connectivity index (χ0n) is 14.0. The number of benzene rings is 1. The van der Waals surface area contributed by atoms with Crippen LogP contribution in [0.25, 0.3) is 0 Å². The van der Waals surface area contributed by atoms with Gasteiger partial charge in [0, 0.05) is 44.6 Å². The molecule has 1 aliphatic rings. The van der Waals surface area contributed by atoms with Gasteiger partial charge in [-0.1, -0.05) is 0 Å². The number of amides is 1. The van der Waals surface area contributed by atoms with Crippen molar-refractivity contribution >= 4 is 11.6 Å². The number of halogens is 2. The number of anilines is 1. The molecule has 1 fully saturated rings. The lowest BCUT2D eigenvalue weighted by Crippen LogP contribution is -2.52. The standard InChI is InChI=1S/C17H21F2N5O/c1-12(17(25)22-15-10-13(18)2-3-14(15)19)24-8-6-23(7-9-24)11-16-20-4-5-21-16/h2-5,10,12H,6-9,11H2,1H3,(H,20,21)(H,22,25)/t12-/m1/s1. The molecule has 3 rings (SSSR count). The van der Waals surface area contributed by atoms with E-state index in [1.807, 2.05) is 4.90 Å². The number of imidazole rings is 1. The van der Waals surface area contributed by atoms with Crippen molar-refractivity contribution in [1.82, 2.24) is 19.8 Å². The van der Waals surface area contributed by atoms with Crippen molar-refractivity contribution in [1.29, 1.82) is 0 Å². The Labute approximate surface area is 144 Å². The molecule has 2 aromatic rings. The van der Waals surface area contributed by atoms with Gasteiger partial charge in [0.15, 0.2) is 0 Å². The molecule has 0 radical (unpaired) electrons. The fourth-order valence-corrected chi connectivity index (χ4v) is 2.90. The highest BCUT2D eigenvalue weighted by molar-refractivity contribution is 5.94. The van der Waals surface area contributed by atoms with Crippen LogP contribution in [-0.2, 0) is 11.3 Å². The number of aromatic nitrogens is 2. The average Bonchev–Trinajstić information content (AvgIpc) is 3.11. The van der Waals surface area contributed by atoms with Gasteiger partial charge < -0.3 is 10.3 Å². The summed E-state index contributed by atoms with van der Waals surface area (Å²) in [6.45, 7) is 5.59. The fourth-order valence-electron chi connectivity index (χ4n) is 2.90. The maximum Gasteiger partial charge on any atom is 0.241 e. The van der Waals surface area contributed by atoms with Gasteiger partial charge in [0.05, 0.1) is 18.3 Å². The molecule has 6 nitrogen and oxygen atoms in total. The van der Waals surface area contributed by atoms with Crippen molar-refractivity contribution in [3.63, 3.8) is 0 Å². The third-order valence-corrected chi connectivity index (χ3v) is 4.45. The SMILES string of the molecule is C[C@H](C(=O)Nc1cc(F)ccc1F)N1CCN(Cc2ncc[nH]2)CC1. The number of carbonyl (C=O) groups is 1. The Bertz CT molecular complexity index is 714. The number of nitrogens with zero attached hydrogens (tertiary/aromatic N) is 3. The molecule has 1 aliphatic heterocycles. The Morgan fingerprint density at radius 3 is 2.76 bits per heavy atom. The summed E-state index contributed by atoms with van der Waals surface area (Å²) in [6.07, 6.45) is 3.52. The highest BCUT2D eigenvalue weighted by atomic mass is 19.1. The number of nitrogens with one attached hydrogen (secondary N) is 2. The van der Waals surface area contributed by atoms with E-state index < -0.39 is 17.7 Å². The number of rotatable bonds is 5. The number of H-pyrrole nitrogens is 1. The quantitative estimate of drug-likeness (QED) is 0.865. The van der Waals surface area contributed by atoms with Crippen LogP contribution in [0.5, 0.6) is 0 Å². The average molecular weight is 349 g/mol. The van der Waals surface area contributed by atoms with Gasteiger partial charge in [-0.15, -0.1) is 0 Å². The summed E-state index contributed by atoms with van der Waals surface area (Å²) in [6, 6.07) is 2.59. The van der Waals surface area contributed by atoms with Crippen molar-refractivity contribution in [2.45, 2.75) is 19.5 Å². The first kappa shape index (κ1) is 17.5. The van der Waals surface area contributed by atoms with Crippen LogP contribution < -0.4 is 5.32 Å². The Morgan fingerprint density at radius 2 is 2.08 bits per heavy atom. The molecule has 25 heavy (non-hydrogen) atoms. The second-order valence-corrected chi connectivity index (χ2v) is 6.14. The summed E-state index contributed by atoms with van der Waals surface area (Å²) in [5, 5.41) is 2.47. The molecule has 0 aliphatic carbocycles. The van der Waals surface area contributed by atoms with Crippen LogP contribution in [0.4, 0.5) is 14.5 Å². The number of aromatic amines is 1. The molecule has 2 heterocycles. The van der Waals surface area contributed by atoms with E-state index in [4.69, 9.17) is 0 Å². The van der Waals surface area contributed by atoms with Gasteiger partial charge >= 0.3 is 0 Å². The maximum absolute atomic E-state index is 13.7. The van der Waals surface area contributed by atoms with Gasteiger partial charge in [-0.2, -0.15) is 0 Å². The minimum Gasteiger partial charge on any atom is -0.348 e. The number of carbonyl (C=O) groups excluding carboxylic acids is 1. The molecule has 0 saturated carbocycles. The Kier molecular flexibility index (Phi) is 5.40. The van der Waals surface area contributed by atoms with Crippen LogP contribution in [0.15, 0.2) is 30.6 Å². The molecule has 0 bridgehead atoms. The molecule has 1 atom stereocenters. The molecule has 1 aromatic carbocycles. The lowest BCUT2D eigenvalue weighted by atomic mass is 10.2. The van der Waals surface area contributed by atoms with Crippen molar-refractivity contribution in [2.75, 3.05) is 31.5 Å². The third-order valence-electron chi connectivity index (χ3n) is 4.45. The lowest BCUT2D eigenvalue weighted by Gasteiger charge is -2.37. The first-order chi connectivity index (χ1) is 12.0. The van der Waals surface area contributed by atoms with E-state index in [9.17, 15) is 13.6 Å². The van der Waals surface area contributed by atoms with Crippen molar-refractivity contribution in [3.8, 4) is 0 Å². The normalized spacial score (nSPS) is 17.4. The summed E-state index contributed by atoms with van der Waals surface area (Å²) in [5.74, 6) is -0.661. The second-order valence-electron chi connectivity index (χ2n) is 6.14. The van der Waals surface area contributed by atoms with E-state index >= 15 is 0 Å². The van der Waals surface area contributed by atoms with Gasteiger partial charge in [-0.05, 0) is 19.1 Å². The topological polar surface area (TPSA) is 64.3 Å². The third kappa shape index (κ3) is 4.40. The predicted molar refractivity (Wildman–Crippen MR) is 89.9 cm³/mol. The van der Waals surface area contributed by atoms with Gasteiger partial charge in [0.25, 0.3) is 0 Å². The van der Waals surface area contributed by atoms with E-state index in [0.29, 0.717) is 0 Å². The van der Waals surface area contributed by atoms with Crippen LogP contribution in [0, 0.1) is 11.6 Å². The molecular weight excluding hydrogens is 328 g/mol. The molecule has 134 valence electrons. The largest absolute Gasteiger partial charge is 0.348 e. The van der Waals surface area contributed by atoms with E-state index in [1.165, 1.54) is 0 Å². The minimum absolute atomic E-state index is 0.131. The maximum atomic E-state index is 13.7. The van der Waals surface area contributed by atoms with Crippen LogP contribution in [0.1, 0.15) is 12.7 Å². The molecule has 1 saturated heterocycles. The highest BCUT2D eigenvalue weighted by Crippen LogP contribution is 2.17. The zero-order valence-corrected chi connectivity index (χ0v) is 14.0. The molecule has 1 aromatic heterocycles. The summed E-state index contributed by atoms with van der Waals surface area (Å²) in [4.78, 5) is 23.9. The van der Waals surface area contributed by atoms with E-state index in [0.717, 1.165) is 56.7 Å². The van der Waals surface area contributed by atoms with E-state index in [-0.39, 0.29) is 11.6 Å². The summed E-state index contributed by atoms with van der Waals surface area (Å²) >= 11 is 0. The Morgan fingerprint density at radius 1 is 1.32 bits per heavy atom. The molecule has 8 heteroatoms. The fraction of sp³-hybridized carbons (Fsp3) is 0.412.